The molecule has 0 saturated heterocycles. The molecule has 2 aromatic carbocycles. The number of nitrogens with one attached hydrogen (secondary N) is 9. The topological polar surface area (TPSA) is 451 Å². The number of ether oxygens (including phenoxy) is 2. The predicted molar refractivity (Wildman–Crippen MR) is 321 cm³/mol. The number of nitrogens with two attached hydrogens (primary N) is 2. The zero-order chi connectivity index (χ0) is 67.6. The van der Waals surface area contributed by atoms with Gasteiger partial charge in [0.25, 0.3) is 0 Å². The minimum atomic E-state index is -2.47. The Morgan fingerprint density at radius 2 is 1.55 bits per heavy atom. The molecule has 0 radical (unpaired) electrons. The lowest BCUT2D eigenvalue weighted by Gasteiger charge is -2.28. The summed E-state index contributed by atoms with van der Waals surface area (Å²) in [6.07, 6.45) is -4.01. The van der Waals surface area contributed by atoms with E-state index >= 15 is 4.21 Å². The van der Waals surface area contributed by atoms with Gasteiger partial charge in [0.05, 0.1) is 80.5 Å². The second-order valence-corrected chi connectivity index (χ2v) is 24.1. The van der Waals surface area contributed by atoms with Gasteiger partial charge in [-0.15, -0.1) is 0 Å². The molecule has 1 aliphatic heterocycles. The standard InChI is InChI=1S/C57H81F4N11O17S2/c1-5-28(2)32(13-15-65-44(80)20-62)53(83)68-23-45(81)69-38-27-91(87)57-47(30(24-73)21-66-56(86)50(29(3)39(76)25-74)71-43(79)17-31(75)22-67-54(84)37(19-41(63)77)70-55(38)85)33-11-12-40(88-4)34(51(33)72-57)26-90-16-7-6-14-64-42(78)9-8-10-46(82)89-52-48(60)35(58)18-36(59)49(52)61/h11-12,18,28-32,37-39,50,72-76H,5-10,13-17,19-27,62H2,1-4H3,(H2,63,77)(H,64,78)(H,65,80)(H,66,86)(H,67,84)(H,68,83)(H,69,81)(H,70,85)(H,71,79)/t28-,29-,30-,31+,32-,37-,38+,39-,50-,91?/m0/s1. The highest BCUT2D eigenvalue weighted by Crippen LogP contribution is 2.39. The molecule has 1 aromatic heterocycles. The normalized spacial score (nSPS) is 20.0. The summed E-state index contributed by atoms with van der Waals surface area (Å²) in [6, 6.07) is -2.15. The number of aliphatic hydroxyl groups excluding tert-OH is 4. The van der Waals surface area contributed by atoms with Crippen molar-refractivity contribution in [3.8, 4) is 11.5 Å². The number of primary amides is 1. The maximum atomic E-state index is 15.2. The number of fused-ring (bicyclic) bond motifs is 3. The van der Waals surface area contributed by atoms with Crippen molar-refractivity contribution in [3.63, 3.8) is 0 Å². The lowest BCUT2D eigenvalue weighted by Crippen LogP contribution is -2.57. The largest absolute Gasteiger partial charge is 0.496 e. The van der Waals surface area contributed by atoms with Gasteiger partial charge in [-0.1, -0.05) is 27.2 Å². The van der Waals surface area contributed by atoms with E-state index in [1.54, 1.807) is 19.1 Å². The van der Waals surface area contributed by atoms with E-state index in [4.69, 9.17) is 16.2 Å². The van der Waals surface area contributed by atoms with Gasteiger partial charge in [-0.25, -0.2) is 8.78 Å². The van der Waals surface area contributed by atoms with E-state index in [0.29, 0.717) is 47.2 Å². The summed E-state index contributed by atoms with van der Waals surface area (Å²) in [5.74, 6) is -21.0. The Morgan fingerprint density at radius 3 is 2.19 bits per heavy atom. The Bertz CT molecular complexity index is 3070. The molecule has 0 fully saturated rings. The molecule has 1 aliphatic rings. The lowest BCUT2D eigenvalue weighted by molar-refractivity contribution is -0.135. The number of halogens is 4. The first-order valence-electron chi connectivity index (χ1n) is 29.2. The summed E-state index contributed by atoms with van der Waals surface area (Å²) in [7, 11) is -1.08. The molecule has 3 aromatic rings. The predicted octanol–water partition coefficient (Wildman–Crippen LogP) is -1.62. The van der Waals surface area contributed by atoms with Gasteiger partial charge in [0.2, 0.25) is 70.5 Å². The number of β-amino-alcohol motifs (C(OH)–C–C–N with tert-alkyl or cyclic N) is 1. The van der Waals surface area contributed by atoms with Crippen LogP contribution in [0.5, 0.6) is 11.5 Å². The SMILES string of the molecule is CC[C@H](C)[C@H](CCNC(=O)CN)C(=O)NCC(=O)N[C@@H]1CS(=O)c2[nH]c3c(CSCCCCNC(=O)CCCC(=O)Oc4c(F)c(F)cc(F)c4F)c(OC)ccc3c2[C@H](CO)CNC(=O)[C@H]([C@@H](C)[C@@H](O)CO)NC(=O)C[C@@H](O)CNC(=O)[C@H](CC(N)=O)NC1=O. The average molecular weight is 1330 g/mol. The highest BCUT2D eigenvalue weighted by Gasteiger charge is 2.36. The van der Waals surface area contributed by atoms with Crippen LogP contribution in [0.3, 0.4) is 0 Å². The van der Waals surface area contributed by atoms with Crippen LogP contribution in [0.1, 0.15) is 95.6 Å². The zero-order valence-corrected chi connectivity index (χ0v) is 52.3. The van der Waals surface area contributed by atoms with Gasteiger partial charge in [0.15, 0.2) is 11.6 Å². The van der Waals surface area contributed by atoms with Crippen LogP contribution >= 0.6 is 11.8 Å². The highest BCUT2D eigenvalue weighted by atomic mass is 32.2. The summed E-state index contributed by atoms with van der Waals surface area (Å²) in [5.41, 5.74) is 11.8. The van der Waals surface area contributed by atoms with Crippen molar-refractivity contribution in [1.29, 1.82) is 0 Å². The average Bonchev–Trinajstić information content (AvgIpc) is 1.64. The number of aromatic amines is 1. The summed E-state index contributed by atoms with van der Waals surface area (Å²) >= 11 is 1.40. The molecule has 17 N–H and O–H groups in total. The number of thioether (sulfide) groups is 1. The number of H-pyrrole nitrogens is 1. The van der Waals surface area contributed by atoms with Crippen LogP contribution in [-0.2, 0) is 64.5 Å². The van der Waals surface area contributed by atoms with Crippen molar-refractivity contribution in [2.45, 2.75) is 126 Å². The molecule has 0 spiro atoms. The van der Waals surface area contributed by atoms with Crippen LogP contribution in [-0.4, -0.2) is 190 Å². The number of unbranched alkanes of at least 4 members (excludes halogenated alkanes) is 1. The molecule has 10 atom stereocenters. The van der Waals surface area contributed by atoms with Gasteiger partial charge in [-0.3, -0.25) is 52.2 Å². The van der Waals surface area contributed by atoms with Gasteiger partial charge in [-0.2, -0.15) is 20.5 Å². The smallest absolute Gasteiger partial charge is 0.311 e. The molecule has 506 valence electrons. The third-order valence-corrected chi connectivity index (χ3v) is 17.4. The number of benzene rings is 2. The molecule has 0 aliphatic carbocycles. The van der Waals surface area contributed by atoms with Crippen LogP contribution in [0.25, 0.3) is 10.9 Å². The highest BCUT2D eigenvalue weighted by molar-refractivity contribution is 7.98. The van der Waals surface area contributed by atoms with Gasteiger partial charge < -0.3 is 88.9 Å². The number of aromatic nitrogens is 1. The van der Waals surface area contributed by atoms with Crippen molar-refractivity contribution in [2.75, 3.05) is 71.1 Å². The number of hydrogen-bond acceptors (Lipinski definition) is 19. The summed E-state index contributed by atoms with van der Waals surface area (Å²) in [6.45, 7) is 1.49. The molecule has 34 heteroatoms. The molecule has 9 amide bonds. The number of hydrogen-bond donors (Lipinski definition) is 15. The fourth-order valence-corrected chi connectivity index (χ4v) is 12.0. The molecule has 1 unspecified atom stereocenters. The Labute approximate surface area is 527 Å². The molecule has 4 rings (SSSR count). The first kappa shape index (κ1) is 76.0. The zero-order valence-electron chi connectivity index (χ0n) is 50.6. The minimum Gasteiger partial charge on any atom is -0.496 e. The van der Waals surface area contributed by atoms with Crippen molar-refractivity contribution in [2.24, 2.45) is 29.2 Å². The van der Waals surface area contributed by atoms with Crippen LogP contribution < -0.4 is 63.5 Å². The number of rotatable bonds is 29. The molecular formula is C57H81F4N11O17S2. The number of esters is 1. The van der Waals surface area contributed by atoms with Gasteiger partial charge in [0.1, 0.15) is 28.9 Å². The van der Waals surface area contributed by atoms with Crippen LogP contribution in [0, 0.1) is 41.0 Å². The first-order chi connectivity index (χ1) is 43.2. The first-order valence-corrected chi connectivity index (χ1v) is 31.7. The number of carbonyl (C=O) groups excluding carboxylic acids is 10. The maximum Gasteiger partial charge on any atom is 0.311 e. The quantitative estimate of drug-likeness (QED) is 0.0122. The van der Waals surface area contributed by atoms with Crippen LogP contribution in [0.2, 0.25) is 0 Å². The van der Waals surface area contributed by atoms with Crippen LogP contribution in [0.15, 0.2) is 23.2 Å². The number of carbonyl (C=O) groups is 10. The monoisotopic (exact) mass is 1330 g/mol. The summed E-state index contributed by atoms with van der Waals surface area (Å²) in [5, 5.41) is 62.6. The third kappa shape index (κ3) is 23.0. The number of amides is 9. The van der Waals surface area contributed by atoms with E-state index in [0.717, 1.165) is 0 Å². The Balaban J connectivity index is 1.69. The van der Waals surface area contributed by atoms with Gasteiger partial charge in [0, 0.05) is 85.1 Å². The molecule has 91 heavy (non-hydrogen) atoms. The third-order valence-electron chi connectivity index (χ3n) is 14.9. The molecule has 0 saturated carbocycles. The van der Waals surface area contributed by atoms with E-state index in [-0.39, 0.29) is 67.2 Å². The Morgan fingerprint density at radius 1 is 0.868 bits per heavy atom. The minimum absolute atomic E-state index is 0.0444. The fraction of sp³-hybridized carbons (Fsp3) is 0.579. The second kappa shape index (κ2) is 37.7. The van der Waals surface area contributed by atoms with Crippen molar-refractivity contribution in [3.05, 3.63) is 52.6 Å². The Hall–Kier alpha value is -7.50. The van der Waals surface area contributed by atoms with Gasteiger partial charge >= 0.3 is 5.97 Å². The van der Waals surface area contributed by atoms with E-state index in [2.05, 4.69) is 52.3 Å². The van der Waals surface area contributed by atoms with Crippen molar-refractivity contribution in [1.82, 2.24) is 47.5 Å². The molecular weight excluding hydrogens is 1250 g/mol. The maximum absolute atomic E-state index is 15.2. The van der Waals surface area contributed by atoms with Gasteiger partial charge in [-0.05, 0) is 49.5 Å². The van der Waals surface area contributed by atoms with Crippen LogP contribution in [0.4, 0.5) is 17.6 Å². The summed E-state index contributed by atoms with van der Waals surface area (Å²) < 4.78 is 80.4. The van der Waals surface area contributed by atoms with E-state index in [1.807, 2.05) is 6.92 Å². The second-order valence-electron chi connectivity index (χ2n) is 21.6. The van der Waals surface area contributed by atoms with E-state index < -0.39 is 205 Å². The Kier molecular flexibility index (Phi) is 31.5. The lowest BCUT2D eigenvalue weighted by atomic mass is 9.88. The number of methoxy groups -OCH3 is 1. The van der Waals surface area contributed by atoms with Crippen molar-refractivity contribution < 1.29 is 99.6 Å². The van der Waals surface area contributed by atoms with E-state index in [1.165, 1.54) is 25.8 Å². The number of aliphatic hydroxyl groups is 4. The van der Waals surface area contributed by atoms with E-state index in [9.17, 15) is 85.9 Å². The molecule has 28 nitrogen and oxygen atoms in total. The van der Waals surface area contributed by atoms with Crippen molar-refractivity contribution >= 4 is 92.6 Å². The fourth-order valence-electron chi connectivity index (χ4n) is 9.56. The molecule has 2 heterocycles. The summed E-state index contributed by atoms with van der Waals surface area (Å²) in [4.78, 5) is 135. The molecule has 0 bridgehead atoms.